The lowest BCUT2D eigenvalue weighted by Crippen LogP contribution is -1.93. The van der Waals surface area contributed by atoms with E-state index in [0.717, 1.165) is 32.3 Å². The fourth-order valence-corrected chi connectivity index (χ4v) is 4.61. The Morgan fingerprint density at radius 3 is 1.95 bits per heavy atom. The molecular weight excluding hydrogens is 286 g/mol. The van der Waals surface area contributed by atoms with Crippen LogP contribution in [0.4, 0.5) is 0 Å². The summed E-state index contributed by atoms with van der Waals surface area (Å²) in [4.78, 5) is 18.2. The van der Waals surface area contributed by atoms with Gasteiger partial charge >= 0.3 is 15.2 Å². The molecule has 0 rings (SSSR count). The SMILES string of the molecule is C=CCCCCCCCCCP(=O)(O)OP(C)(=O)O. The van der Waals surface area contributed by atoms with E-state index in [1.165, 1.54) is 19.3 Å². The van der Waals surface area contributed by atoms with E-state index in [0.29, 0.717) is 6.42 Å². The van der Waals surface area contributed by atoms with Crippen LogP contribution in [0.25, 0.3) is 0 Å². The fraction of sp³-hybridized carbons (Fsp3) is 0.833. The highest BCUT2D eigenvalue weighted by Gasteiger charge is 2.27. The van der Waals surface area contributed by atoms with Gasteiger partial charge in [-0.25, -0.2) is 4.31 Å². The van der Waals surface area contributed by atoms with Crippen molar-refractivity contribution in [3.05, 3.63) is 12.7 Å². The highest BCUT2D eigenvalue weighted by atomic mass is 31.3. The first-order valence-electron chi connectivity index (χ1n) is 6.71. The quantitative estimate of drug-likeness (QED) is 0.319. The number of unbranched alkanes of at least 4 members (excludes halogenated alkanes) is 7. The maximum Gasteiger partial charge on any atom is 0.335 e. The van der Waals surface area contributed by atoms with Gasteiger partial charge in [0.15, 0.2) is 0 Å². The van der Waals surface area contributed by atoms with E-state index in [1.807, 2.05) is 6.08 Å². The van der Waals surface area contributed by atoms with Crippen LogP contribution in [-0.2, 0) is 13.4 Å². The summed E-state index contributed by atoms with van der Waals surface area (Å²) in [6.45, 7) is 4.58. The van der Waals surface area contributed by atoms with Gasteiger partial charge in [0.2, 0.25) is 0 Å². The van der Waals surface area contributed by atoms with Crippen molar-refractivity contribution < 1.29 is 23.2 Å². The smallest absolute Gasteiger partial charge is 0.324 e. The number of allylic oxidation sites excluding steroid dienone is 1. The third-order valence-corrected chi connectivity index (χ3v) is 5.74. The fourth-order valence-electron chi connectivity index (χ4n) is 1.76. The molecule has 19 heavy (non-hydrogen) atoms. The summed E-state index contributed by atoms with van der Waals surface area (Å²) >= 11 is 0. The lowest BCUT2D eigenvalue weighted by Gasteiger charge is -2.13. The minimum absolute atomic E-state index is 0.0537. The summed E-state index contributed by atoms with van der Waals surface area (Å²) in [6.07, 6.45) is 9.97. The zero-order valence-electron chi connectivity index (χ0n) is 11.7. The van der Waals surface area contributed by atoms with E-state index in [1.54, 1.807) is 0 Å². The third kappa shape index (κ3) is 14.3. The van der Waals surface area contributed by atoms with Crippen molar-refractivity contribution in [2.75, 3.05) is 12.8 Å². The molecule has 5 nitrogen and oxygen atoms in total. The molecule has 0 amide bonds. The third-order valence-electron chi connectivity index (χ3n) is 2.63. The summed E-state index contributed by atoms with van der Waals surface area (Å²) < 4.78 is 26.6. The van der Waals surface area contributed by atoms with Gasteiger partial charge in [-0.1, -0.05) is 38.2 Å². The molecular formula is C12H26O5P2. The second-order valence-electron chi connectivity index (χ2n) is 4.80. The molecule has 0 aromatic rings. The van der Waals surface area contributed by atoms with Crippen LogP contribution in [0, 0.1) is 0 Å². The maximum atomic E-state index is 11.4. The Bertz CT molecular complexity index is 337. The average Bonchev–Trinajstić information content (AvgIpc) is 2.23. The first-order valence-corrected chi connectivity index (χ1v) is 10.5. The molecule has 0 aromatic heterocycles. The van der Waals surface area contributed by atoms with E-state index in [9.17, 15) is 14.0 Å². The molecule has 7 heteroatoms. The van der Waals surface area contributed by atoms with Crippen molar-refractivity contribution in [1.82, 2.24) is 0 Å². The Morgan fingerprint density at radius 2 is 1.47 bits per heavy atom. The van der Waals surface area contributed by atoms with Gasteiger partial charge in [-0.15, -0.1) is 6.58 Å². The Labute approximate surface area is 116 Å². The van der Waals surface area contributed by atoms with Gasteiger partial charge in [-0.2, -0.15) is 0 Å². The van der Waals surface area contributed by atoms with Crippen LogP contribution >= 0.6 is 15.2 Å². The van der Waals surface area contributed by atoms with Gasteiger partial charge in [0.25, 0.3) is 0 Å². The molecule has 0 bridgehead atoms. The summed E-state index contributed by atoms with van der Waals surface area (Å²) in [5, 5.41) is 0. The van der Waals surface area contributed by atoms with Crippen molar-refractivity contribution in [2.24, 2.45) is 0 Å². The molecule has 0 aromatic carbocycles. The molecule has 0 spiro atoms. The molecule has 0 saturated carbocycles. The predicted octanol–water partition coefficient (Wildman–Crippen LogP) is 4.31. The average molecular weight is 312 g/mol. The number of rotatable bonds is 12. The molecule has 0 saturated heterocycles. The molecule has 0 aliphatic carbocycles. The molecule has 0 heterocycles. The Balaban J connectivity index is 3.51. The number of hydrogen-bond donors (Lipinski definition) is 2. The second kappa shape index (κ2) is 9.90. The van der Waals surface area contributed by atoms with Crippen molar-refractivity contribution in [2.45, 2.75) is 51.4 Å². The zero-order chi connectivity index (χ0) is 14.8. The molecule has 0 aliphatic rings. The van der Waals surface area contributed by atoms with Crippen molar-refractivity contribution in [3.8, 4) is 0 Å². The lowest BCUT2D eigenvalue weighted by atomic mass is 10.1. The lowest BCUT2D eigenvalue weighted by molar-refractivity contribution is 0.335. The first kappa shape index (κ1) is 19.1. The van der Waals surface area contributed by atoms with E-state index in [-0.39, 0.29) is 6.16 Å². The standard InChI is InChI=1S/C12H26O5P2/c1-3-4-5-6-7-8-9-10-11-12-19(15,16)17-18(2,13)14/h3H,1,4-12H2,2H3,(H,13,14)(H,15,16). The molecule has 0 radical (unpaired) electrons. The van der Waals surface area contributed by atoms with Crippen LogP contribution in [0.1, 0.15) is 51.4 Å². The summed E-state index contributed by atoms with van der Waals surface area (Å²) in [6, 6.07) is 0. The summed E-state index contributed by atoms with van der Waals surface area (Å²) in [5.41, 5.74) is 0. The number of hydrogen-bond acceptors (Lipinski definition) is 3. The van der Waals surface area contributed by atoms with Crippen molar-refractivity contribution in [1.29, 1.82) is 0 Å². The summed E-state index contributed by atoms with van der Waals surface area (Å²) in [5.74, 6) is 0. The summed E-state index contributed by atoms with van der Waals surface area (Å²) in [7, 11) is -7.79. The normalized spacial score (nSPS) is 17.6. The van der Waals surface area contributed by atoms with Gasteiger partial charge in [0, 0.05) is 6.66 Å². The zero-order valence-corrected chi connectivity index (χ0v) is 13.5. The van der Waals surface area contributed by atoms with Gasteiger partial charge < -0.3 is 9.79 Å². The molecule has 2 N–H and O–H groups in total. The molecule has 0 aliphatic heterocycles. The molecule has 2 unspecified atom stereocenters. The van der Waals surface area contributed by atoms with Gasteiger partial charge in [-0.3, -0.25) is 9.13 Å². The first-order chi connectivity index (χ1) is 8.77. The largest absolute Gasteiger partial charge is 0.335 e. The van der Waals surface area contributed by atoms with Crippen LogP contribution in [0.2, 0.25) is 0 Å². The highest BCUT2D eigenvalue weighted by Crippen LogP contribution is 2.57. The van der Waals surface area contributed by atoms with Crippen LogP contribution in [0.15, 0.2) is 12.7 Å². The predicted molar refractivity (Wildman–Crippen MR) is 78.7 cm³/mol. The monoisotopic (exact) mass is 312 g/mol. The van der Waals surface area contributed by atoms with Crippen LogP contribution < -0.4 is 0 Å². The molecule has 2 atom stereocenters. The van der Waals surface area contributed by atoms with Crippen LogP contribution in [0.5, 0.6) is 0 Å². The minimum atomic E-state index is -3.91. The Hall–Kier alpha value is 0.0800. The minimum Gasteiger partial charge on any atom is -0.324 e. The van der Waals surface area contributed by atoms with E-state index < -0.39 is 15.2 Å². The van der Waals surface area contributed by atoms with E-state index >= 15 is 0 Å². The van der Waals surface area contributed by atoms with Crippen molar-refractivity contribution >= 4 is 15.2 Å². The van der Waals surface area contributed by atoms with E-state index in [2.05, 4.69) is 10.9 Å². The topological polar surface area (TPSA) is 83.8 Å². The van der Waals surface area contributed by atoms with Gasteiger partial charge in [0.1, 0.15) is 0 Å². The van der Waals surface area contributed by atoms with Crippen LogP contribution in [-0.4, -0.2) is 22.6 Å². The van der Waals surface area contributed by atoms with Gasteiger partial charge in [-0.05, 0) is 19.3 Å². The molecule has 114 valence electrons. The van der Waals surface area contributed by atoms with Crippen LogP contribution in [0.3, 0.4) is 0 Å². The second-order valence-corrected chi connectivity index (χ2v) is 8.78. The van der Waals surface area contributed by atoms with Crippen molar-refractivity contribution in [3.63, 3.8) is 0 Å². The van der Waals surface area contributed by atoms with Gasteiger partial charge in [0.05, 0.1) is 6.16 Å². The maximum absolute atomic E-state index is 11.4. The van der Waals surface area contributed by atoms with E-state index in [4.69, 9.17) is 4.89 Å². The Kier molecular flexibility index (Phi) is 9.94. The molecule has 0 fully saturated rings. The Morgan fingerprint density at radius 1 is 1.00 bits per heavy atom. The highest BCUT2D eigenvalue weighted by molar-refractivity contribution is 7.65.